The van der Waals surface area contributed by atoms with Crippen LogP contribution in [0.1, 0.15) is 24.8 Å². The molecule has 1 unspecified atom stereocenters. The van der Waals surface area contributed by atoms with E-state index in [9.17, 15) is 4.39 Å². The predicted octanol–water partition coefficient (Wildman–Crippen LogP) is 2.06. The van der Waals surface area contributed by atoms with Gasteiger partial charge in [-0.15, -0.1) is 0 Å². The Labute approximate surface area is 105 Å². The van der Waals surface area contributed by atoms with Crippen LogP contribution < -0.4 is 10.5 Å². The fourth-order valence-electron chi connectivity index (χ4n) is 2.01. The summed E-state index contributed by atoms with van der Waals surface area (Å²) in [5.74, 6) is -0.561. The lowest BCUT2D eigenvalue weighted by Gasteiger charge is -2.23. The lowest BCUT2D eigenvalue weighted by Crippen LogP contribution is -2.26. The van der Waals surface area contributed by atoms with Crippen molar-refractivity contribution in [3.05, 3.63) is 29.6 Å². The highest BCUT2D eigenvalue weighted by Crippen LogP contribution is 2.22. The summed E-state index contributed by atoms with van der Waals surface area (Å²) in [6.45, 7) is 1.11. The molecule has 98 valence electrons. The van der Waals surface area contributed by atoms with Crippen molar-refractivity contribution in [2.75, 3.05) is 13.2 Å². The van der Waals surface area contributed by atoms with E-state index in [1.54, 1.807) is 12.1 Å². The third-order valence-electron chi connectivity index (χ3n) is 2.94. The molecule has 0 amide bonds. The van der Waals surface area contributed by atoms with Gasteiger partial charge in [0.2, 0.25) is 0 Å². The van der Waals surface area contributed by atoms with Gasteiger partial charge in [-0.25, -0.2) is 4.39 Å². The van der Waals surface area contributed by atoms with Crippen LogP contribution in [0.25, 0.3) is 0 Å². The maximum Gasteiger partial charge on any atom is 0.137 e. The van der Waals surface area contributed by atoms with Crippen LogP contribution in [0.5, 0.6) is 5.75 Å². The first-order chi connectivity index (χ1) is 8.68. The molecule has 5 heteroatoms. The molecule has 1 atom stereocenters. The first-order valence-corrected chi connectivity index (χ1v) is 6.06. The van der Waals surface area contributed by atoms with E-state index in [4.69, 9.17) is 20.6 Å². The Balaban J connectivity index is 2.04. The minimum Gasteiger partial charge on any atom is -0.490 e. The molecule has 1 aromatic carbocycles. The Morgan fingerprint density at radius 2 is 2.33 bits per heavy atom. The average molecular weight is 252 g/mol. The van der Waals surface area contributed by atoms with Gasteiger partial charge in [0.1, 0.15) is 24.0 Å². The maximum absolute atomic E-state index is 13.5. The first-order valence-electron chi connectivity index (χ1n) is 6.06. The summed E-state index contributed by atoms with van der Waals surface area (Å²) in [4.78, 5) is 0. The van der Waals surface area contributed by atoms with E-state index >= 15 is 0 Å². The van der Waals surface area contributed by atoms with Crippen LogP contribution in [0.4, 0.5) is 4.39 Å². The zero-order valence-corrected chi connectivity index (χ0v) is 10.1. The van der Waals surface area contributed by atoms with E-state index in [0.717, 1.165) is 25.9 Å². The second-order valence-corrected chi connectivity index (χ2v) is 4.33. The molecule has 2 rings (SSSR count). The molecule has 0 radical (unpaired) electrons. The van der Waals surface area contributed by atoms with Gasteiger partial charge in [0.15, 0.2) is 0 Å². The molecule has 1 aliphatic heterocycles. The molecule has 1 fully saturated rings. The molecule has 1 aliphatic rings. The van der Waals surface area contributed by atoms with E-state index in [-0.39, 0.29) is 17.5 Å². The zero-order chi connectivity index (χ0) is 13.0. The summed E-state index contributed by atoms with van der Waals surface area (Å²) in [5, 5.41) is 7.37. The minimum atomic E-state index is -0.537. The summed E-state index contributed by atoms with van der Waals surface area (Å²) in [6.07, 6.45) is 3.19. The van der Waals surface area contributed by atoms with Crippen molar-refractivity contribution < 1.29 is 13.9 Å². The van der Waals surface area contributed by atoms with Gasteiger partial charge in [-0.1, -0.05) is 6.07 Å². The second-order valence-electron chi connectivity index (χ2n) is 4.33. The van der Waals surface area contributed by atoms with Crippen LogP contribution >= 0.6 is 0 Å². The van der Waals surface area contributed by atoms with Crippen molar-refractivity contribution >= 4 is 5.84 Å². The molecule has 4 nitrogen and oxygen atoms in total. The fraction of sp³-hybridized carbons (Fsp3) is 0.462. The molecule has 0 bridgehead atoms. The summed E-state index contributed by atoms with van der Waals surface area (Å²) >= 11 is 0. The summed E-state index contributed by atoms with van der Waals surface area (Å²) in [5.41, 5.74) is 5.38. The van der Waals surface area contributed by atoms with Gasteiger partial charge in [0.05, 0.1) is 11.7 Å². The van der Waals surface area contributed by atoms with Gasteiger partial charge in [0, 0.05) is 6.61 Å². The van der Waals surface area contributed by atoms with Crippen LogP contribution in [0.3, 0.4) is 0 Å². The van der Waals surface area contributed by atoms with Gasteiger partial charge < -0.3 is 15.2 Å². The molecule has 1 saturated heterocycles. The number of nitrogens with two attached hydrogens (primary N) is 1. The molecule has 0 aromatic heterocycles. The smallest absolute Gasteiger partial charge is 0.137 e. The Morgan fingerprint density at radius 3 is 3.00 bits per heavy atom. The number of ether oxygens (including phenoxy) is 2. The van der Waals surface area contributed by atoms with E-state index < -0.39 is 5.82 Å². The standard InChI is InChI=1S/C13H17FN2O2/c14-10-5-3-6-11(12(10)13(15)16)18-8-9-4-1-2-7-17-9/h3,5-6,9H,1-2,4,7-8H2,(H3,15,16). The van der Waals surface area contributed by atoms with Gasteiger partial charge in [-0.2, -0.15) is 0 Å². The Hall–Kier alpha value is -1.62. The van der Waals surface area contributed by atoms with Crippen LogP contribution in [0.2, 0.25) is 0 Å². The van der Waals surface area contributed by atoms with Crippen molar-refractivity contribution in [1.29, 1.82) is 5.41 Å². The Morgan fingerprint density at radius 1 is 1.50 bits per heavy atom. The van der Waals surface area contributed by atoms with Crippen molar-refractivity contribution in [1.82, 2.24) is 0 Å². The normalized spacial score (nSPS) is 19.5. The third kappa shape index (κ3) is 2.98. The topological polar surface area (TPSA) is 68.3 Å². The van der Waals surface area contributed by atoms with E-state index in [0.29, 0.717) is 12.4 Å². The molecule has 0 saturated carbocycles. The fourth-order valence-corrected chi connectivity index (χ4v) is 2.01. The van der Waals surface area contributed by atoms with Crippen LogP contribution in [0.15, 0.2) is 18.2 Å². The second kappa shape index (κ2) is 5.82. The van der Waals surface area contributed by atoms with E-state index in [1.165, 1.54) is 6.07 Å². The lowest BCUT2D eigenvalue weighted by molar-refractivity contribution is -0.0111. The molecule has 3 N–H and O–H groups in total. The number of rotatable bonds is 4. The minimum absolute atomic E-state index is 0.0216. The lowest BCUT2D eigenvalue weighted by atomic mass is 10.1. The number of nitrogen functional groups attached to an aromatic ring is 1. The monoisotopic (exact) mass is 252 g/mol. The number of amidine groups is 1. The largest absolute Gasteiger partial charge is 0.490 e. The molecule has 18 heavy (non-hydrogen) atoms. The molecule has 0 spiro atoms. The van der Waals surface area contributed by atoms with Crippen LogP contribution in [0, 0.1) is 11.2 Å². The van der Waals surface area contributed by atoms with Crippen molar-refractivity contribution in [2.24, 2.45) is 5.73 Å². The van der Waals surface area contributed by atoms with Crippen LogP contribution in [-0.4, -0.2) is 25.2 Å². The highest BCUT2D eigenvalue weighted by Gasteiger charge is 2.17. The Bertz CT molecular complexity index is 431. The number of hydrogen-bond donors (Lipinski definition) is 2. The number of benzene rings is 1. The van der Waals surface area contributed by atoms with Crippen molar-refractivity contribution in [2.45, 2.75) is 25.4 Å². The van der Waals surface area contributed by atoms with Gasteiger partial charge in [-0.3, -0.25) is 5.41 Å². The third-order valence-corrected chi connectivity index (χ3v) is 2.94. The van der Waals surface area contributed by atoms with Crippen molar-refractivity contribution in [3.8, 4) is 5.75 Å². The van der Waals surface area contributed by atoms with Gasteiger partial charge >= 0.3 is 0 Å². The summed E-state index contributed by atoms with van der Waals surface area (Å²) in [6, 6.07) is 4.42. The van der Waals surface area contributed by atoms with Crippen LogP contribution in [-0.2, 0) is 4.74 Å². The maximum atomic E-state index is 13.5. The SMILES string of the molecule is N=C(N)c1c(F)cccc1OCC1CCCCO1. The molecule has 0 aliphatic carbocycles. The van der Waals surface area contributed by atoms with Gasteiger partial charge in [0.25, 0.3) is 0 Å². The molecule has 1 heterocycles. The summed E-state index contributed by atoms with van der Waals surface area (Å²) in [7, 11) is 0. The number of nitrogens with one attached hydrogen (secondary N) is 1. The highest BCUT2D eigenvalue weighted by atomic mass is 19.1. The molecular formula is C13H17FN2O2. The molecular weight excluding hydrogens is 235 g/mol. The van der Waals surface area contributed by atoms with E-state index in [2.05, 4.69) is 0 Å². The first kappa shape index (κ1) is 12.8. The van der Waals surface area contributed by atoms with Gasteiger partial charge in [-0.05, 0) is 31.4 Å². The Kier molecular flexibility index (Phi) is 4.15. The predicted molar refractivity (Wildman–Crippen MR) is 66.5 cm³/mol. The van der Waals surface area contributed by atoms with E-state index in [1.807, 2.05) is 0 Å². The summed E-state index contributed by atoms with van der Waals surface area (Å²) < 4.78 is 24.6. The van der Waals surface area contributed by atoms with Crippen molar-refractivity contribution in [3.63, 3.8) is 0 Å². The number of halogens is 1. The quantitative estimate of drug-likeness (QED) is 0.636. The zero-order valence-electron chi connectivity index (χ0n) is 10.1. The average Bonchev–Trinajstić information content (AvgIpc) is 2.37. The molecule has 1 aromatic rings. The highest BCUT2D eigenvalue weighted by molar-refractivity contribution is 5.97. The number of hydrogen-bond acceptors (Lipinski definition) is 3.